The molecule has 1 aliphatic heterocycles. The molecular weight excluding hydrogens is 476 g/mol. The number of anilines is 2. The second-order valence-corrected chi connectivity index (χ2v) is 9.40. The van der Waals surface area contributed by atoms with E-state index in [2.05, 4.69) is 40.5 Å². The predicted octanol–water partition coefficient (Wildman–Crippen LogP) is 3.73. The highest BCUT2D eigenvalue weighted by atomic mass is 32.1. The van der Waals surface area contributed by atoms with Crippen molar-refractivity contribution >= 4 is 28.9 Å². The minimum Gasteiger partial charge on any atom is -0.459 e. The van der Waals surface area contributed by atoms with Crippen LogP contribution >= 0.6 is 11.3 Å². The minimum absolute atomic E-state index is 0.225. The normalized spacial score (nSPS) is 15.4. The van der Waals surface area contributed by atoms with Gasteiger partial charge in [-0.1, -0.05) is 12.5 Å². The number of rotatable bonds is 8. The zero-order valence-corrected chi connectivity index (χ0v) is 20.7. The molecule has 0 aliphatic carbocycles. The van der Waals surface area contributed by atoms with Gasteiger partial charge in [0.15, 0.2) is 11.5 Å². The maximum absolute atomic E-state index is 12.4. The van der Waals surface area contributed by atoms with Crippen LogP contribution in [0.1, 0.15) is 46.3 Å². The van der Waals surface area contributed by atoms with Crippen LogP contribution in [-0.4, -0.2) is 55.1 Å². The first-order valence-corrected chi connectivity index (χ1v) is 12.7. The topological polar surface area (TPSA) is 128 Å². The van der Waals surface area contributed by atoms with Crippen molar-refractivity contribution < 1.29 is 9.53 Å². The first-order valence-electron chi connectivity index (χ1n) is 11.8. The lowest BCUT2D eigenvalue weighted by atomic mass is 10.1. The van der Waals surface area contributed by atoms with Gasteiger partial charge in [0.25, 0.3) is 0 Å². The third-order valence-corrected chi connectivity index (χ3v) is 6.48. The van der Waals surface area contributed by atoms with Gasteiger partial charge in [0.2, 0.25) is 0 Å². The molecule has 0 aromatic carbocycles. The number of ether oxygens (including phenoxy) is 1. The van der Waals surface area contributed by atoms with E-state index in [0.29, 0.717) is 47.7 Å². The van der Waals surface area contributed by atoms with Crippen LogP contribution < -0.4 is 10.6 Å². The summed E-state index contributed by atoms with van der Waals surface area (Å²) in [6.07, 6.45) is 7.11. The van der Waals surface area contributed by atoms with Gasteiger partial charge in [-0.05, 0) is 50.6 Å². The van der Waals surface area contributed by atoms with E-state index >= 15 is 0 Å². The summed E-state index contributed by atoms with van der Waals surface area (Å²) in [6, 6.07) is 9.48. The molecule has 10 nitrogen and oxygen atoms in total. The Morgan fingerprint density at radius 1 is 1.08 bits per heavy atom. The maximum atomic E-state index is 12.4. The molecule has 5 heterocycles. The summed E-state index contributed by atoms with van der Waals surface area (Å²) < 4.78 is 5.45. The number of pyridine rings is 1. The van der Waals surface area contributed by atoms with Crippen molar-refractivity contribution in [3.8, 4) is 11.5 Å². The lowest BCUT2D eigenvalue weighted by Crippen LogP contribution is -2.38. The lowest BCUT2D eigenvalue weighted by Gasteiger charge is -2.22. The van der Waals surface area contributed by atoms with Crippen LogP contribution in [0.15, 0.2) is 48.1 Å². The molecule has 0 unspecified atom stereocenters. The lowest BCUT2D eigenvalue weighted by molar-refractivity contribution is 0.0445. The molecular formula is C25H26N8O2S. The molecule has 0 amide bonds. The van der Waals surface area contributed by atoms with Crippen molar-refractivity contribution in [2.75, 3.05) is 18.5 Å². The maximum Gasteiger partial charge on any atom is 0.357 e. The van der Waals surface area contributed by atoms with Crippen LogP contribution in [0.25, 0.3) is 11.5 Å². The van der Waals surface area contributed by atoms with E-state index in [1.54, 1.807) is 29.9 Å². The third-order valence-electron chi connectivity index (χ3n) is 5.63. The quantitative estimate of drug-likeness (QED) is 0.344. The first-order chi connectivity index (χ1) is 17.6. The van der Waals surface area contributed by atoms with E-state index in [-0.39, 0.29) is 6.04 Å². The molecule has 0 bridgehead atoms. The van der Waals surface area contributed by atoms with Crippen molar-refractivity contribution in [2.45, 2.75) is 38.6 Å². The number of hydrogen-bond donors (Lipinski definition) is 2. The number of piperidine rings is 1. The fraction of sp³-hybridized carbons (Fsp3) is 0.320. The first kappa shape index (κ1) is 23.9. The third kappa shape index (κ3) is 6.23. The Labute approximate surface area is 212 Å². The molecule has 4 aromatic heterocycles. The molecule has 5 rings (SSSR count). The molecule has 1 atom stereocenters. The summed E-state index contributed by atoms with van der Waals surface area (Å²) in [5, 5.41) is 9.03. The smallest absolute Gasteiger partial charge is 0.357 e. The van der Waals surface area contributed by atoms with Gasteiger partial charge in [-0.15, -0.1) is 11.3 Å². The Morgan fingerprint density at radius 3 is 2.78 bits per heavy atom. The van der Waals surface area contributed by atoms with Crippen molar-refractivity contribution in [1.82, 2.24) is 35.2 Å². The Morgan fingerprint density at radius 2 is 1.94 bits per heavy atom. The molecule has 0 spiro atoms. The van der Waals surface area contributed by atoms with Crippen molar-refractivity contribution in [3.63, 3.8) is 0 Å². The fourth-order valence-corrected chi connectivity index (χ4v) is 4.60. The number of thiazole rings is 1. The van der Waals surface area contributed by atoms with Gasteiger partial charge in [0, 0.05) is 29.5 Å². The van der Waals surface area contributed by atoms with Crippen LogP contribution in [0.2, 0.25) is 0 Å². The molecule has 184 valence electrons. The Balaban J connectivity index is 1.21. The molecule has 36 heavy (non-hydrogen) atoms. The average Bonchev–Trinajstić information content (AvgIpc) is 3.37. The highest BCUT2D eigenvalue weighted by Gasteiger charge is 2.18. The van der Waals surface area contributed by atoms with E-state index in [0.717, 1.165) is 30.1 Å². The monoisotopic (exact) mass is 502 g/mol. The second kappa shape index (κ2) is 11.3. The number of aromatic nitrogens is 6. The molecule has 4 aromatic rings. The SMILES string of the molecule is Cc1cccc(-c2nccc(Nc3ccnc(Cc4nc(C(=O)OC[C@H]5CCCCN5)cs4)n3)n2)n1. The van der Waals surface area contributed by atoms with Crippen LogP contribution in [0.4, 0.5) is 11.6 Å². The number of hydrogen-bond acceptors (Lipinski definition) is 11. The van der Waals surface area contributed by atoms with Gasteiger partial charge in [-0.3, -0.25) is 0 Å². The number of aryl methyl sites for hydroxylation is 1. The molecule has 2 N–H and O–H groups in total. The molecule has 1 saturated heterocycles. The van der Waals surface area contributed by atoms with Gasteiger partial charge < -0.3 is 15.4 Å². The van der Waals surface area contributed by atoms with Crippen LogP contribution in [0.3, 0.4) is 0 Å². The van der Waals surface area contributed by atoms with Gasteiger partial charge >= 0.3 is 5.97 Å². The number of carbonyl (C=O) groups is 1. The van der Waals surface area contributed by atoms with Crippen LogP contribution in [0, 0.1) is 6.92 Å². The van der Waals surface area contributed by atoms with Crippen molar-refractivity contribution in [2.24, 2.45) is 0 Å². The molecule has 0 saturated carbocycles. The Hall–Kier alpha value is -3.83. The molecule has 11 heteroatoms. The number of esters is 1. The average molecular weight is 503 g/mol. The van der Waals surface area contributed by atoms with Gasteiger partial charge in [0.1, 0.15) is 34.8 Å². The van der Waals surface area contributed by atoms with Gasteiger partial charge in [-0.2, -0.15) is 0 Å². The van der Waals surface area contributed by atoms with E-state index in [4.69, 9.17) is 4.74 Å². The largest absolute Gasteiger partial charge is 0.459 e. The molecule has 1 aliphatic rings. The minimum atomic E-state index is -0.399. The standard InChI is InChI=1S/C25H26N8O2S/c1-16-5-4-7-18(29-16)24-28-12-9-21(33-24)31-20-8-11-27-22(32-20)13-23-30-19(15-36-23)25(34)35-14-17-6-2-3-10-26-17/h4-5,7-9,11-12,15,17,26H,2-3,6,10,13-14H2,1H3,(H,27,28,31,32,33)/t17-/m1/s1. The zero-order chi connectivity index (χ0) is 24.7. The summed E-state index contributed by atoms with van der Waals surface area (Å²) >= 11 is 1.39. The van der Waals surface area contributed by atoms with E-state index in [1.165, 1.54) is 17.8 Å². The number of nitrogens with zero attached hydrogens (tertiary/aromatic N) is 6. The van der Waals surface area contributed by atoms with Gasteiger partial charge in [0.05, 0.1) is 6.42 Å². The number of nitrogens with one attached hydrogen (secondary N) is 2. The summed E-state index contributed by atoms with van der Waals surface area (Å²) in [5.74, 6) is 1.90. The van der Waals surface area contributed by atoms with E-state index < -0.39 is 5.97 Å². The molecule has 0 radical (unpaired) electrons. The van der Waals surface area contributed by atoms with Crippen LogP contribution in [0.5, 0.6) is 0 Å². The van der Waals surface area contributed by atoms with E-state index in [9.17, 15) is 4.79 Å². The fourth-order valence-electron chi connectivity index (χ4n) is 3.84. The number of carbonyl (C=O) groups excluding carboxylic acids is 1. The summed E-state index contributed by atoms with van der Waals surface area (Å²) in [7, 11) is 0. The highest BCUT2D eigenvalue weighted by molar-refractivity contribution is 7.09. The van der Waals surface area contributed by atoms with Crippen molar-refractivity contribution in [1.29, 1.82) is 0 Å². The summed E-state index contributed by atoms with van der Waals surface area (Å²) in [4.78, 5) is 39.1. The Kier molecular flexibility index (Phi) is 7.48. The van der Waals surface area contributed by atoms with Gasteiger partial charge in [-0.25, -0.2) is 34.7 Å². The zero-order valence-electron chi connectivity index (χ0n) is 19.8. The van der Waals surface area contributed by atoms with E-state index in [1.807, 2.05) is 25.1 Å². The molecule has 1 fully saturated rings. The second-order valence-electron chi connectivity index (χ2n) is 8.46. The predicted molar refractivity (Wildman–Crippen MR) is 136 cm³/mol. The van der Waals surface area contributed by atoms with Crippen molar-refractivity contribution in [3.05, 3.63) is 70.3 Å². The Bertz CT molecular complexity index is 1340. The highest BCUT2D eigenvalue weighted by Crippen LogP contribution is 2.19. The summed E-state index contributed by atoms with van der Waals surface area (Å²) in [6.45, 7) is 3.27. The van der Waals surface area contributed by atoms with Crippen LogP contribution in [-0.2, 0) is 11.2 Å². The summed E-state index contributed by atoms with van der Waals surface area (Å²) in [5.41, 5.74) is 1.92.